The van der Waals surface area contributed by atoms with Gasteiger partial charge in [0, 0.05) is 16.6 Å². The highest BCUT2D eigenvalue weighted by Crippen LogP contribution is 2.36. The van der Waals surface area contributed by atoms with Gasteiger partial charge in [-0.05, 0) is 19.1 Å². The predicted molar refractivity (Wildman–Crippen MR) is 55.8 cm³/mol. The van der Waals surface area contributed by atoms with Crippen LogP contribution >= 0.6 is 0 Å². The van der Waals surface area contributed by atoms with Crippen molar-refractivity contribution in [1.82, 2.24) is 4.98 Å². The third kappa shape index (κ3) is 1.75. The first-order chi connectivity index (χ1) is 8.23. The molecule has 1 heterocycles. The third-order valence-electron chi connectivity index (χ3n) is 2.61. The minimum atomic E-state index is -4.77. The molecule has 0 spiro atoms. The molecule has 0 aliphatic heterocycles. The van der Waals surface area contributed by atoms with E-state index in [1.54, 1.807) is 0 Å². The van der Waals surface area contributed by atoms with E-state index in [2.05, 4.69) is 4.98 Å². The van der Waals surface area contributed by atoms with Crippen LogP contribution in [0.2, 0.25) is 0 Å². The summed E-state index contributed by atoms with van der Waals surface area (Å²) in [5, 5.41) is -0.0422. The van der Waals surface area contributed by atoms with Crippen molar-refractivity contribution in [2.45, 2.75) is 13.1 Å². The van der Waals surface area contributed by atoms with Crippen molar-refractivity contribution < 1.29 is 22.0 Å². The number of nitrogen functional groups attached to an aromatic ring is 1. The largest absolute Gasteiger partial charge is 0.433 e. The molecule has 1 aromatic heterocycles. The van der Waals surface area contributed by atoms with Crippen molar-refractivity contribution in [3.05, 3.63) is 35.0 Å². The molecule has 0 unspecified atom stereocenters. The molecule has 0 amide bonds. The smallest absolute Gasteiger partial charge is 0.398 e. The van der Waals surface area contributed by atoms with Crippen molar-refractivity contribution in [1.29, 1.82) is 0 Å². The van der Waals surface area contributed by atoms with E-state index < -0.39 is 29.0 Å². The molecule has 0 atom stereocenters. The zero-order valence-electron chi connectivity index (χ0n) is 9.07. The fourth-order valence-corrected chi connectivity index (χ4v) is 1.67. The number of pyridine rings is 1. The minimum Gasteiger partial charge on any atom is -0.398 e. The third-order valence-corrected chi connectivity index (χ3v) is 2.61. The maximum atomic E-state index is 13.4. The van der Waals surface area contributed by atoms with Gasteiger partial charge >= 0.3 is 6.18 Å². The normalized spacial score (nSPS) is 12.1. The summed E-state index contributed by atoms with van der Waals surface area (Å²) in [5.41, 5.74) is 2.92. The van der Waals surface area contributed by atoms with Crippen molar-refractivity contribution in [3.8, 4) is 0 Å². The first kappa shape index (κ1) is 12.5. The van der Waals surface area contributed by atoms with Gasteiger partial charge in [-0.3, -0.25) is 0 Å². The lowest BCUT2D eigenvalue weighted by Crippen LogP contribution is -2.13. The van der Waals surface area contributed by atoms with E-state index in [1.165, 1.54) is 0 Å². The zero-order valence-corrected chi connectivity index (χ0v) is 9.07. The lowest BCUT2D eigenvalue weighted by atomic mass is 10.1. The molecule has 0 fully saturated rings. The molecule has 96 valence electrons. The Morgan fingerprint density at radius 1 is 1.17 bits per heavy atom. The number of hydrogen-bond acceptors (Lipinski definition) is 2. The van der Waals surface area contributed by atoms with E-state index >= 15 is 0 Å². The lowest BCUT2D eigenvalue weighted by Gasteiger charge is -2.13. The van der Waals surface area contributed by atoms with Crippen molar-refractivity contribution in [3.63, 3.8) is 0 Å². The highest BCUT2D eigenvalue weighted by Gasteiger charge is 2.36. The Balaban J connectivity index is 2.94. The van der Waals surface area contributed by atoms with Gasteiger partial charge in [-0.25, -0.2) is 13.8 Å². The maximum absolute atomic E-state index is 13.4. The van der Waals surface area contributed by atoms with Gasteiger partial charge in [-0.2, -0.15) is 13.2 Å². The van der Waals surface area contributed by atoms with Gasteiger partial charge in [-0.1, -0.05) is 0 Å². The summed E-state index contributed by atoms with van der Waals surface area (Å²) in [6, 6.07) is 1.89. The van der Waals surface area contributed by atoms with Gasteiger partial charge in [0.1, 0.15) is 11.2 Å². The zero-order chi connectivity index (χ0) is 13.7. The number of fused-ring (bicyclic) bond motifs is 1. The van der Waals surface area contributed by atoms with E-state index in [9.17, 15) is 22.0 Å². The summed E-state index contributed by atoms with van der Waals surface area (Å²) in [4.78, 5) is 3.15. The van der Waals surface area contributed by atoms with E-state index in [1.807, 2.05) is 0 Å². The van der Waals surface area contributed by atoms with Crippen LogP contribution in [0.15, 0.2) is 12.1 Å². The summed E-state index contributed by atoms with van der Waals surface area (Å²) in [7, 11) is 0. The Morgan fingerprint density at radius 2 is 1.78 bits per heavy atom. The average Bonchev–Trinajstić information content (AvgIpc) is 2.26. The monoisotopic (exact) mass is 262 g/mol. The molecule has 0 aliphatic carbocycles. The first-order valence-corrected chi connectivity index (χ1v) is 4.84. The summed E-state index contributed by atoms with van der Waals surface area (Å²) >= 11 is 0. The SMILES string of the molecule is Cc1c(C(F)(F)F)nc2c(F)c(F)ccc2c1N. The molecule has 0 saturated heterocycles. The number of halogens is 5. The summed E-state index contributed by atoms with van der Waals surface area (Å²) < 4.78 is 64.4. The fourth-order valence-electron chi connectivity index (χ4n) is 1.67. The summed E-state index contributed by atoms with van der Waals surface area (Å²) in [6.07, 6.45) is -4.77. The molecule has 18 heavy (non-hydrogen) atoms. The van der Waals surface area contributed by atoms with E-state index in [-0.39, 0.29) is 16.6 Å². The Bertz CT molecular complexity index is 634. The Hall–Kier alpha value is -1.92. The van der Waals surface area contributed by atoms with Crippen LogP contribution in [0.5, 0.6) is 0 Å². The fraction of sp³-hybridized carbons (Fsp3) is 0.182. The highest BCUT2D eigenvalue weighted by molar-refractivity contribution is 5.92. The van der Waals surface area contributed by atoms with Crippen LogP contribution < -0.4 is 5.73 Å². The molecule has 2 nitrogen and oxygen atoms in total. The van der Waals surface area contributed by atoms with Crippen molar-refractivity contribution in [2.24, 2.45) is 0 Å². The lowest BCUT2D eigenvalue weighted by molar-refractivity contribution is -0.141. The second kappa shape index (κ2) is 3.79. The minimum absolute atomic E-state index is 0.0422. The van der Waals surface area contributed by atoms with E-state index in [0.29, 0.717) is 0 Å². The number of hydrogen-bond donors (Lipinski definition) is 1. The van der Waals surface area contributed by atoms with Gasteiger partial charge in [0.15, 0.2) is 11.6 Å². The Morgan fingerprint density at radius 3 is 2.33 bits per heavy atom. The molecule has 2 N–H and O–H groups in total. The molecule has 0 bridgehead atoms. The van der Waals surface area contributed by atoms with Crippen LogP contribution in [0.4, 0.5) is 27.6 Å². The standard InChI is InChI=1S/C11H7F5N2/c1-4-8(17)5-2-3-6(12)7(13)9(5)18-10(4)11(14,15)16/h2-3H,1H3,(H2,17,18). The summed E-state index contributed by atoms with van der Waals surface area (Å²) in [6.45, 7) is 1.13. The van der Waals surface area contributed by atoms with E-state index in [0.717, 1.165) is 19.1 Å². The summed E-state index contributed by atoms with van der Waals surface area (Å²) in [5.74, 6) is -2.71. The number of anilines is 1. The highest BCUT2D eigenvalue weighted by atomic mass is 19.4. The van der Waals surface area contributed by atoms with Crippen molar-refractivity contribution in [2.75, 3.05) is 5.73 Å². The number of nitrogens with zero attached hydrogens (tertiary/aromatic N) is 1. The predicted octanol–water partition coefficient (Wildman–Crippen LogP) is 3.42. The molecule has 1 aromatic carbocycles. The average molecular weight is 262 g/mol. The van der Waals surface area contributed by atoms with Crippen LogP contribution in [-0.2, 0) is 6.18 Å². The molecule has 0 radical (unpaired) electrons. The number of nitrogens with two attached hydrogens (primary N) is 1. The first-order valence-electron chi connectivity index (χ1n) is 4.84. The van der Waals surface area contributed by atoms with Crippen molar-refractivity contribution >= 4 is 16.6 Å². The molecule has 2 rings (SSSR count). The van der Waals surface area contributed by atoms with Crippen LogP contribution in [0.25, 0.3) is 10.9 Å². The van der Waals surface area contributed by atoms with Gasteiger partial charge in [0.05, 0.1) is 0 Å². The molecular weight excluding hydrogens is 255 g/mol. The van der Waals surface area contributed by atoms with Gasteiger partial charge < -0.3 is 5.73 Å². The van der Waals surface area contributed by atoms with Crippen LogP contribution in [0.3, 0.4) is 0 Å². The Labute approximate surface area is 98.2 Å². The quantitative estimate of drug-likeness (QED) is 0.739. The second-order valence-corrected chi connectivity index (χ2v) is 3.75. The second-order valence-electron chi connectivity index (χ2n) is 3.75. The molecular formula is C11H7F5N2. The Kier molecular flexibility index (Phi) is 2.64. The molecule has 0 saturated carbocycles. The topological polar surface area (TPSA) is 38.9 Å². The van der Waals surface area contributed by atoms with Gasteiger partial charge in [0.2, 0.25) is 0 Å². The molecule has 7 heteroatoms. The van der Waals surface area contributed by atoms with Crippen LogP contribution in [0, 0.1) is 18.6 Å². The number of aromatic nitrogens is 1. The van der Waals surface area contributed by atoms with Crippen LogP contribution in [0.1, 0.15) is 11.3 Å². The maximum Gasteiger partial charge on any atom is 0.433 e. The molecule has 0 aliphatic rings. The van der Waals surface area contributed by atoms with Gasteiger partial charge in [0.25, 0.3) is 0 Å². The number of benzene rings is 1. The molecule has 2 aromatic rings. The number of rotatable bonds is 0. The van der Waals surface area contributed by atoms with Gasteiger partial charge in [-0.15, -0.1) is 0 Å². The van der Waals surface area contributed by atoms with E-state index in [4.69, 9.17) is 5.73 Å². The van der Waals surface area contributed by atoms with Crippen LogP contribution in [-0.4, -0.2) is 4.98 Å². The number of alkyl halides is 3.